The molecule has 1 aromatic heterocycles. The van der Waals surface area contributed by atoms with Crippen LogP contribution < -0.4 is 15.2 Å². The molecule has 38 heavy (non-hydrogen) atoms. The molecule has 1 amide bonds. The average Bonchev–Trinajstić information content (AvgIpc) is 3.19. The number of amides is 1. The highest BCUT2D eigenvalue weighted by Crippen LogP contribution is 2.36. The molecule has 11 heteroatoms. The van der Waals surface area contributed by atoms with Crippen LogP contribution in [0.5, 0.6) is 5.75 Å². The Labute approximate surface area is 231 Å². The lowest BCUT2D eigenvalue weighted by atomic mass is 10.0. The van der Waals surface area contributed by atoms with Gasteiger partial charge in [-0.1, -0.05) is 36.1 Å². The Hall–Kier alpha value is -3.17. The van der Waals surface area contributed by atoms with Gasteiger partial charge in [-0.25, -0.2) is 0 Å². The number of nitriles is 1. The number of thioether (sulfide) groups is 1. The van der Waals surface area contributed by atoms with Gasteiger partial charge in [0.05, 0.1) is 18.6 Å². The van der Waals surface area contributed by atoms with Crippen LogP contribution in [0, 0.1) is 18.3 Å². The predicted molar refractivity (Wildman–Crippen MR) is 153 cm³/mol. The molecule has 2 aliphatic rings. The number of thiocarbonyl (C=S) groups is 1. The Bertz CT molecular complexity index is 1360. The van der Waals surface area contributed by atoms with E-state index in [-0.39, 0.29) is 23.6 Å². The van der Waals surface area contributed by atoms with Crippen molar-refractivity contribution < 1.29 is 14.6 Å². The number of pyridine rings is 1. The van der Waals surface area contributed by atoms with E-state index >= 15 is 0 Å². The predicted octanol–water partition coefficient (Wildman–Crippen LogP) is 2.13. The lowest BCUT2D eigenvalue weighted by Crippen LogP contribution is -2.49. The Morgan fingerprint density at radius 1 is 1.16 bits per heavy atom. The summed E-state index contributed by atoms with van der Waals surface area (Å²) in [6.07, 6.45) is 2.42. The Kier molecular flexibility index (Phi) is 8.89. The van der Waals surface area contributed by atoms with Gasteiger partial charge < -0.3 is 14.7 Å². The lowest BCUT2D eigenvalue weighted by Gasteiger charge is -2.37. The van der Waals surface area contributed by atoms with Gasteiger partial charge in [-0.2, -0.15) is 5.26 Å². The van der Waals surface area contributed by atoms with Crippen molar-refractivity contribution in [3.05, 3.63) is 61.8 Å². The van der Waals surface area contributed by atoms with E-state index < -0.39 is 0 Å². The van der Waals surface area contributed by atoms with E-state index in [9.17, 15) is 20.0 Å². The fourth-order valence-corrected chi connectivity index (χ4v) is 6.07. The van der Waals surface area contributed by atoms with Crippen molar-refractivity contribution in [2.45, 2.75) is 13.3 Å². The Balaban J connectivity index is 1.64. The van der Waals surface area contributed by atoms with Crippen LogP contribution in [0.15, 0.2) is 34.0 Å². The van der Waals surface area contributed by atoms with E-state index in [1.54, 1.807) is 32.1 Å². The van der Waals surface area contributed by atoms with E-state index in [2.05, 4.69) is 9.80 Å². The van der Waals surface area contributed by atoms with E-state index in [4.69, 9.17) is 17.0 Å². The highest BCUT2D eigenvalue weighted by atomic mass is 32.2. The monoisotopic (exact) mass is 553 g/mol. The van der Waals surface area contributed by atoms with Crippen molar-refractivity contribution in [1.82, 2.24) is 14.4 Å². The van der Waals surface area contributed by atoms with Crippen molar-refractivity contribution in [1.29, 1.82) is 5.26 Å². The summed E-state index contributed by atoms with van der Waals surface area (Å²) >= 11 is 6.79. The smallest absolute Gasteiger partial charge is 0.270 e. The highest BCUT2D eigenvalue weighted by Gasteiger charge is 2.33. The average molecular weight is 554 g/mol. The third-order valence-electron chi connectivity index (χ3n) is 6.99. The first-order valence-electron chi connectivity index (χ1n) is 12.4. The second-order valence-corrected chi connectivity index (χ2v) is 10.9. The molecule has 2 aliphatic heterocycles. The number of aromatic nitrogens is 1. The van der Waals surface area contributed by atoms with Gasteiger partial charge in [-0.15, -0.1) is 0 Å². The first kappa shape index (κ1) is 27.9. The summed E-state index contributed by atoms with van der Waals surface area (Å²) in [7, 11) is 3.28. The Morgan fingerprint density at radius 3 is 2.45 bits per heavy atom. The van der Waals surface area contributed by atoms with Crippen molar-refractivity contribution >= 4 is 46.1 Å². The number of methoxy groups -OCH3 is 1. The fourth-order valence-electron chi connectivity index (χ4n) is 4.78. The zero-order chi connectivity index (χ0) is 27.4. The summed E-state index contributed by atoms with van der Waals surface area (Å²) in [6.45, 7) is 5.68. The number of hydrogen-bond donors (Lipinski definition) is 1. The first-order valence-corrected chi connectivity index (χ1v) is 13.6. The minimum atomic E-state index is -0.359. The molecule has 0 bridgehead atoms. The quantitative estimate of drug-likeness (QED) is 0.389. The number of aliphatic hydroxyl groups is 1. The maximum absolute atomic E-state index is 13.4. The topological polar surface area (TPSA) is 102 Å². The molecule has 0 radical (unpaired) electrons. The fraction of sp³-hybridized carbons (Fsp3) is 0.407. The zero-order valence-electron chi connectivity index (χ0n) is 21.8. The van der Waals surface area contributed by atoms with E-state index in [0.717, 1.165) is 24.4 Å². The SMILES string of the molecule is COc1ccc(CCN2C(=O)C(=Cc3c(C)c(C#N)c(=O)n(C)c3N3CCN(CCO)CC3)SC2=S)cc1. The molecule has 0 aliphatic carbocycles. The molecule has 0 unspecified atom stereocenters. The van der Waals surface area contributed by atoms with Crippen LogP contribution in [0.1, 0.15) is 22.3 Å². The van der Waals surface area contributed by atoms with Crippen LogP contribution in [0.25, 0.3) is 6.08 Å². The summed E-state index contributed by atoms with van der Waals surface area (Å²) in [6, 6.07) is 9.76. The van der Waals surface area contributed by atoms with Crippen molar-refractivity contribution in [2.75, 3.05) is 57.9 Å². The summed E-state index contributed by atoms with van der Waals surface area (Å²) in [5.41, 5.74) is 2.00. The van der Waals surface area contributed by atoms with Gasteiger partial charge >= 0.3 is 0 Å². The van der Waals surface area contributed by atoms with Gasteiger partial charge in [0.2, 0.25) is 0 Å². The number of piperazine rings is 1. The van der Waals surface area contributed by atoms with Gasteiger partial charge in [0.1, 0.15) is 27.5 Å². The van der Waals surface area contributed by atoms with Gasteiger partial charge in [-0.05, 0) is 42.7 Å². The van der Waals surface area contributed by atoms with Crippen molar-refractivity contribution in [3.8, 4) is 11.8 Å². The number of nitrogens with zero attached hydrogens (tertiary/aromatic N) is 5. The molecule has 9 nitrogen and oxygen atoms in total. The lowest BCUT2D eigenvalue weighted by molar-refractivity contribution is -0.122. The van der Waals surface area contributed by atoms with Gasteiger partial charge in [0, 0.05) is 51.9 Å². The van der Waals surface area contributed by atoms with E-state index in [1.807, 2.05) is 30.3 Å². The molecule has 200 valence electrons. The summed E-state index contributed by atoms with van der Waals surface area (Å²) in [5.74, 6) is 1.27. The molecular formula is C27H31N5O4S2. The second-order valence-electron chi connectivity index (χ2n) is 9.20. The molecule has 2 aromatic rings. The third kappa shape index (κ3) is 5.63. The van der Waals surface area contributed by atoms with Gasteiger partial charge in [0.15, 0.2) is 0 Å². The molecule has 2 saturated heterocycles. The molecule has 3 heterocycles. The number of benzene rings is 1. The van der Waals surface area contributed by atoms with Gasteiger partial charge in [-0.3, -0.25) is 24.0 Å². The number of carbonyl (C=O) groups is 1. The molecule has 0 spiro atoms. The molecule has 4 rings (SSSR count). The maximum atomic E-state index is 13.4. The van der Waals surface area contributed by atoms with Crippen molar-refractivity contribution in [2.24, 2.45) is 7.05 Å². The molecule has 1 N–H and O–H groups in total. The summed E-state index contributed by atoms with van der Waals surface area (Å²) in [5, 5.41) is 19.0. The number of β-amino-alcohol motifs (C(OH)–C–C–N with tert-alkyl or cyclic N) is 1. The number of carbonyl (C=O) groups excluding carboxylic acids is 1. The second kappa shape index (κ2) is 12.1. The minimum absolute atomic E-state index is 0.0661. The Morgan fingerprint density at radius 2 is 1.84 bits per heavy atom. The summed E-state index contributed by atoms with van der Waals surface area (Å²) in [4.78, 5) is 32.8. The van der Waals surface area contributed by atoms with Crippen LogP contribution in [0.2, 0.25) is 0 Å². The molecule has 1 aromatic carbocycles. The number of hydrogen-bond acceptors (Lipinski definition) is 9. The minimum Gasteiger partial charge on any atom is -0.497 e. The molecule has 0 atom stereocenters. The highest BCUT2D eigenvalue weighted by molar-refractivity contribution is 8.26. The van der Waals surface area contributed by atoms with Gasteiger partial charge in [0.25, 0.3) is 11.5 Å². The largest absolute Gasteiger partial charge is 0.497 e. The van der Waals surface area contributed by atoms with E-state index in [0.29, 0.717) is 58.8 Å². The van der Waals surface area contributed by atoms with Crippen molar-refractivity contribution in [3.63, 3.8) is 0 Å². The number of aliphatic hydroxyl groups excluding tert-OH is 1. The maximum Gasteiger partial charge on any atom is 0.270 e. The standard InChI is InChI=1S/C27H31N5O4S2/c1-18-21(24(29(2)25(34)22(18)17-28)31-12-10-30(11-13-31)14-15-33)16-23-26(35)32(27(37)38-23)9-8-19-4-6-20(36-3)7-5-19/h4-7,16,33H,8-15H2,1-3H3. The van der Waals surface area contributed by atoms with Crippen LogP contribution in [0.3, 0.4) is 0 Å². The molecular weight excluding hydrogens is 522 g/mol. The number of anilines is 1. The number of rotatable bonds is 8. The number of ether oxygens (including phenoxy) is 1. The van der Waals surface area contributed by atoms with Crippen LogP contribution in [-0.4, -0.2) is 82.7 Å². The van der Waals surface area contributed by atoms with Crippen LogP contribution in [-0.2, 0) is 18.3 Å². The van der Waals surface area contributed by atoms with Crippen LogP contribution >= 0.6 is 24.0 Å². The normalized spacial score (nSPS) is 17.4. The van der Waals surface area contributed by atoms with Crippen LogP contribution in [0.4, 0.5) is 5.82 Å². The van der Waals surface area contributed by atoms with E-state index in [1.165, 1.54) is 16.3 Å². The molecule has 0 saturated carbocycles. The molecule has 2 fully saturated rings. The summed E-state index contributed by atoms with van der Waals surface area (Å²) < 4.78 is 7.20. The third-order valence-corrected chi connectivity index (χ3v) is 8.37. The first-order chi connectivity index (χ1) is 18.3. The zero-order valence-corrected chi connectivity index (χ0v) is 23.4.